The number of rotatable bonds is 4. The number of carbonyl (C=O) groups excluding carboxylic acids is 3. The van der Waals surface area contributed by atoms with Gasteiger partial charge in [0.05, 0.1) is 16.7 Å². The van der Waals surface area contributed by atoms with Crippen LogP contribution in [-0.4, -0.2) is 77.3 Å². The Balaban J connectivity index is 1.75. The largest absolute Gasteiger partial charge is 0.372 e. The van der Waals surface area contributed by atoms with Crippen LogP contribution in [0.5, 0.6) is 0 Å². The minimum absolute atomic E-state index is 0.0974. The fraction of sp³-hybridized carbons (Fsp3) is 0.632. The summed E-state index contributed by atoms with van der Waals surface area (Å²) in [5.41, 5.74) is 6.08. The lowest BCUT2D eigenvalue weighted by Gasteiger charge is -2.38. The van der Waals surface area contributed by atoms with Crippen molar-refractivity contribution in [3.05, 3.63) is 15.6 Å². The average Bonchev–Trinajstić information content (AvgIpc) is 3.11. The van der Waals surface area contributed by atoms with Crippen LogP contribution < -0.4 is 16.4 Å². The molecule has 0 saturated heterocycles. The third kappa shape index (κ3) is 5.13. The molecule has 2 aliphatic rings. The molecular weight excluding hydrogens is 424 g/mol. The maximum Gasteiger partial charge on any atom is 0.309 e. The molecule has 3 atom stereocenters. The molecule has 30 heavy (non-hydrogen) atoms. The average molecular weight is 453 g/mol. The standard InChI is InChI=1S/C19H28N6O3S2/c1-24(2)19(29)10-4-5-11(21-16(27)15(20)26)13(8-10)22-17(28)18-23-12-6-7-25(3)9-14(12)30-18/h10-11,13H,4-9H2,1-3H3,(H2,20,26)(H,21,27)(H,22,28)/t10-,11-,13+/m0/s1. The first kappa shape index (κ1) is 22.6. The van der Waals surface area contributed by atoms with Gasteiger partial charge in [0.15, 0.2) is 5.01 Å². The molecule has 11 heteroatoms. The number of hydrogen-bond acceptors (Lipinski definition) is 7. The Labute approximate surface area is 185 Å². The van der Waals surface area contributed by atoms with Crippen LogP contribution in [-0.2, 0) is 22.6 Å². The van der Waals surface area contributed by atoms with Crippen LogP contribution in [0.25, 0.3) is 0 Å². The van der Waals surface area contributed by atoms with Gasteiger partial charge in [0.1, 0.15) is 0 Å². The van der Waals surface area contributed by atoms with E-state index in [1.807, 2.05) is 26.0 Å². The summed E-state index contributed by atoms with van der Waals surface area (Å²) in [5.74, 6) is -2.06. The zero-order valence-corrected chi connectivity index (χ0v) is 19.1. The third-order valence-corrected chi connectivity index (χ3v) is 7.39. The summed E-state index contributed by atoms with van der Waals surface area (Å²) in [6.07, 6.45) is 2.74. The SMILES string of the molecule is CN1CCc2nc(C(=O)N[C@@H]3C[C@@H](C(=S)N(C)C)CC[C@@H]3NC(=O)C(N)=O)sc2C1. The van der Waals surface area contributed by atoms with Gasteiger partial charge >= 0.3 is 11.8 Å². The van der Waals surface area contributed by atoms with Crippen LogP contribution >= 0.6 is 23.6 Å². The second-order valence-corrected chi connectivity index (χ2v) is 9.65. The molecule has 0 spiro atoms. The van der Waals surface area contributed by atoms with E-state index < -0.39 is 17.9 Å². The number of primary amides is 1. The number of carbonyl (C=O) groups is 3. The van der Waals surface area contributed by atoms with Crippen LogP contribution in [0.4, 0.5) is 0 Å². The van der Waals surface area contributed by atoms with Gasteiger partial charge in [-0.15, -0.1) is 11.3 Å². The second-order valence-electron chi connectivity index (χ2n) is 8.14. The van der Waals surface area contributed by atoms with E-state index in [1.54, 1.807) is 0 Å². The molecule has 4 N–H and O–H groups in total. The predicted octanol–water partition coefficient (Wildman–Crippen LogP) is -0.111. The van der Waals surface area contributed by atoms with E-state index in [0.29, 0.717) is 17.8 Å². The summed E-state index contributed by atoms with van der Waals surface area (Å²) >= 11 is 6.94. The van der Waals surface area contributed by atoms with E-state index in [-0.39, 0.29) is 17.9 Å². The zero-order chi connectivity index (χ0) is 22.0. The summed E-state index contributed by atoms with van der Waals surface area (Å²) in [6.45, 7) is 1.71. The monoisotopic (exact) mass is 452 g/mol. The maximum absolute atomic E-state index is 13.0. The highest BCUT2D eigenvalue weighted by Crippen LogP contribution is 2.28. The van der Waals surface area contributed by atoms with Crippen molar-refractivity contribution in [3.63, 3.8) is 0 Å². The van der Waals surface area contributed by atoms with Crippen molar-refractivity contribution >= 4 is 46.3 Å². The lowest BCUT2D eigenvalue weighted by molar-refractivity contribution is -0.138. The highest BCUT2D eigenvalue weighted by molar-refractivity contribution is 7.80. The molecule has 3 rings (SSSR count). The van der Waals surface area contributed by atoms with E-state index in [2.05, 4.69) is 20.5 Å². The Morgan fingerprint density at radius 3 is 2.63 bits per heavy atom. The van der Waals surface area contributed by atoms with Gasteiger partial charge in [0, 0.05) is 50.4 Å². The molecule has 0 unspecified atom stereocenters. The van der Waals surface area contributed by atoms with Crippen molar-refractivity contribution in [2.75, 3.05) is 27.7 Å². The van der Waals surface area contributed by atoms with E-state index >= 15 is 0 Å². The molecule has 3 amide bonds. The minimum Gasteiger partial charge on any atom is -0.372 e. The van der Waals surface area contributed by atoms with E-state index in [1.165, 1.54) is 11.3 Å². The molecule has 1 aliphatic carbocycles. The van der Waals surface area contributed by atoms with Gasteiger partial charge in [-0.25, -0.2) is 4.98 Å². The molecule has 0 aromatic carbocycles. The Bertz CT molecular complexity index is 855. The van der Waals surface area contributed by atoms with Gasteiger partial charge in [-0.2, -0.15) is 0 Å². The highest BCUT2D eigenvalue weighted by Gasteiger charge is 2.36. The molecule has 9 nitrogen and oxygen atoms in total. The van der Waals surface area contributed by atoms with Gasteiger partial charge in [-0.05, 0) is 26.3 Å². The molecular formula is C19H28N6O3S2. The number of amides is 3. The molecule has 0 radical (unpaired) electrons. The van der Waals surface area contributed by atoms with Crippen molar-refractivity contribution in [2.45, 2.75) is 44.3 Å². The van der Waals surface area contributed by atoms with Crippen LogP contribution in [0, 0.1) is 5.92 Å². The summed E-state index contributed by atoms with van der Waals surface area (Å²) in [7, 11) is 5.84. The fourth-order valence-corrected chi connectivity index (χ4v) is 5.29. The first-order chi connectivity index (χ1) is 14.2. The predicted molar refractivity (Wildman–Crippen MR) is 118 cm³/mol. The van der Waals surface area contributed by atoms with E-state index in [9.17, 15) is 14.4 Å². The second kappa shape index (κ2) is 9.36. The van der Waals surface area contributed by atoms with E-state index in [0.717, 1.165) is 41.5 Å². The summed E-state index contributed by atoms with van der Waals surface area (Å²) in [4.78, 5) is 46.6. The van der Waals surface area contributed by atoms with Crippen LogP contribution in [0.2, 0.25) is 0 Å². The highest BCUT2D eigenvalue weighted by atomic mass is 32.1. The number of nitrogens with one attached hydrogen (secondary N) is 2. The first-order valence-corrected chi connectivity index (χ1v) is 11.2. The number of hydrogen-bond donors (Lipinski definition) is 3. The number of thiazole rings is 1. The summed E-state index contributed by atoms with van der Waals surface area (Å²) in [5, 5.41) is 6.11. The van der Waals surface area contributed by atoms with Crippen molar-refractivity contribution in [1.29, 1.82) is 0 Å². The van der Waals surface area contributed by atoms with Gasteiger partial charge in [-0.1, -0.05) is 12.2 Å². The Hall–Kier alpha value is -2.11. The Morgan fingerprint density at radius 1 is 1.23 bits per heavy atom. The Morgan fingerprint density at radius 2 is 1.97 bits per heavy atom. The normalized spacial score (nSPS) is 23.9. The maximum atomic E-state index is 13.0. The third-order valence-electron chi connectivity index (χ3n) is 5.61. The number of likely N-dealkylation sites (N-methyl/N-ethyl adjacent to an activating group) is 1. The quantitative estimate of drug-likeness (QED) is 0.431. The smallest absolute Gasteiger partial charge is 0.309 e. The van der Waals surface area contributed by atoms with Crippen molar-refractivity contribution < 1.29 is 14.4 Å². The number of fused-ring (bicyclic) bond motifs is 1. The van der Waals surface area contributed by atoms with Crippen molar-refractivity contribution in [3.8, 4) is 0 Å². The zero-order valence-electron chi connectivity index (χ0n) is 17.4. The number of thiocarbonyl (C=S) groups is 1. The van der Waals surface area contributed by atoms with E-state index in [4.69, 9.17) is 18.0 Å². The lowest BCUT2D eigenvalue weighted by Crippen LogP contribution is -2.57. The topological polar surface area (TPSA) is 121 Å². The summed E-state index contributed by atoms with van der Waals surface area (Å²) in [6, 6.07) is -0.767. The molecule has 0 bridgehead atoms. The molecule has 2 heterocycles. The molecule has 1 aromatic heterocycles. The molecule has 164 valence electrons. The lowest BCUT2D eigenvalue weighted by atomic mass is 9.81. The van der Waals surface area contributed by atoms with Gasteiger partial charge < -0.3 is 26.2 Å². The summed E-state index contributed by atoms with van der Waals surface area (Å²) < 4.78 is 0. The molecule has 1 aromatic rings. The molecule has 1 fully saturated rings. The van der Waals surface area contributed by atoms with Crippen molar-refractivity contribution in [1.82, 2.24) is 25.4 Å². The molecule has 1 saturated carbocycles. The Kier molecular flexibility index (Phi) is 7.04. The van der Waals surface area contributed by atoms with Crippen LogP contribution in [0.1, 0.15) is 39.6 Å². The van der Waals surface area contributed by atoms with Crippen molar-refractivity contribution in [2.24, 2.45) is 11.7 Å². The minimum atomic E-state index is -1.04. The van der Waals surface area contributed by atoms with Gasteiger partial charge in [-0.3, -0.25) is 14.4 Å². The fourth-order valence-electron chi connectivity index (χ4n) is 3.98. The number of aromatic nitrogens is 1. The van der Waals surface area contributed by atoms with Crippen LogP contribution in [0.15, 0.2) is 0 Å². The molecule has 1 aliphatic heterocycles. The van der Waals surface area contributed by atoms with Crippen LogP contribution in [0.3, 0.4) is 0 Å². The number of nitrogens with two attached hydrogens (primary N) is 1. The number of nitrogens with zero attached hydrogens (tertiary/aromatic N) is 3. The van der Waals surface area contributed by atoms with Gasteiger partial charge in [0.25, 0.3) is 5.91 Å². The first-order valence-electron chi connectivity index (χ1n) is 9.95. The van der Waals surface area contributed by atoms with Gasteiger partial charge in [0.2, 0.25) is 0 Å².